The summed E-state index contributed by atoms with van der Waals surface area (Å²) in [7, 11) is 0. The van der Waals surface area contributed by atoms with Gasteiger partial charge in [0.05, 0.1) is 5.03 Å². The van der Waals surface area contributed by atoms with Gasteiger partial charge in [0.1, 0.15) is 0 Å². The summed E-state index contributed by atoms with van der Waals surface area (Å²) in [5.41, 5.74) is 2.64. The molecule has 0 atom stereocenters. The van der Waals surface area contributed by atoms with Crippen LogP contribution in [0, 0.1) is 12.8 Å². The molecule has 3 heteroatoms. The van der Waals surface area contributed by atoms with Crippen molar-refractivity contribution < 1.29 is 0 Å². The summed E-state index contributed by atoms with van der Waals surface area (Å²) in [6, 6.07) is 2.30. The predicted molar refractivity (Wildman–Crippen MR) is 88.2 cm³/mol. The van der Waals surface area contributed by atoms with Crippen molar-refractivity contribution in [2.75, 3.05) is 6.54 Å². The summed E-state index contributed by atoms with van der Waals surface area (Å²) < 4.78 is 0. The van der Waals surface area contributed by atoms with E-state index in [2.05, 4.69) is 32.2 Å². The lowest BCUT2D eigenvalue weighted by Crippen LogP contribution is -2.19. The third-order valence-electron chi connectivity index (χ3n) is 3.80. The standard InChI is InChI=1S/C17H28N2S/c1-13(2)10-18-11-15-9-14(3)17(19-12-15)20-16-7-5-4-6-8-16/h9,12-13,16,18H,4-8,10-11H2,1-3H3. The molecule has 1 heterocycles. The van der Waals surface area contributed by atoms with Crippen LogP contribution in [0.1, 0.15) is 57.1 Å². The highest BCUT2D eigenvalue weighted by atomic mass is 32.2. The first-order valence-corrected chi connectivity index (χ1v) is 8.86. The highest BCUT2D eigenvalue weighted by Gasteiger charge is 2.16. The van der Waals surface area contributed by atoms with E-state index in [1.165, 1.54) is 48.3 Å². The maximum absolute atomic E-state index is 4.69. The molecule has 1 aromatic heterocycles. The third-order valence-corrected chi connectivity index (χ3v) is 5.25. The molecule has 1 aliphatic carbocycles. The van der Waals surface area contributed by atoms with Crippen molar-refractivity contribution in [3.8, 4) is 0 Å². The Hall–Kier alpha value is -0.540. The Morgan fingerprint density at radius 1 is 1.30 bits per heavy atom. The van der Waals surface area contributed by atoms with Gasteiger partial charge in [-0.05, 0) is 43.4 Å². The maximum Gasteiger partial charge on any atom is 0.0991 e. The number of nitrogens with one attached hydrogen (secondary N) is 1. The summed E-state index contributed by atoms with van der Waals surface area (Å²) in [4.78, 5) is 4.69. The SMILES string of the molecule is Cc1cc(CNCC(C)C)cnc1SC1CCCCC1. The Kier molecular flexibility index (Phi) is 6.37. The quantitative estimate of drug-likeness (QED) is 0.832. The van der Waals surface area contributed by atoms with Gasteiger partial charge in [-0.2, -0.15) is 0 Å². The van der Waals surface area contributed by atoms with Gasteiger partial charge in [-0.15, -0.1) is 11.8 Å². The number of thioether (sulfide) groups is 1. The van der Waals surface area contributed by atoms with Crippen LogP contribution in [0.3, 0.4) is 0 Å². The van der Waals surface area contributed by atoms with Crippen molar-refractivity contribution >= 4 is 11.8 Å². The van der Waals surface area contributed by atoms with Crippen LogP contribution in [0.5, 0.6) is 0 Å². The molecule has 0 amide bonds. The Morgan fingerprint density at radius 2 is 2.05 bits per heavy atom. The second-order valence-electron chi connectivity index (χ2n) is 6.37. The molecule has 1 fully saturated rings. The van der Waals surface area contributed by atoms with Crippen LogP contribution in [0.2, 0.25) is 0 Å². The molecule has 1 saturated carbocycles. The van der Waals surface area contributed by atoms with E-state index in [0.717, 1.165) is 18.3 Å². The van der Waals surface area contributed by atoms with Crippen molar-refractivity contribution in [3.05, 3.63) is 23.4 Å². The average Bonchev–Trinajstić information content (AvgIpc) is 2.42. The minimum atomic E-state index is 0.699. The topological polar surface area (TPSA) is 24.9 Å². The van der Waals surface area contributed by atoms with E-state index >= 15 is 0 Å². The first-order chi connectivity index (χ1) is 9.65. The van der Waals surface area contributed by atoms with Gasteiger partial charge in [0, 0.05) is 18.0 Å². The van der Waals surface area contributed by atoms with E-state index in [1.807, 2.05) is 18.0 Å². The minimum Gasteiger partial charge on any atom is -0.312 e. The maximum atomic E-state index is 4.69. The van der Waals surface area contributed by atoms with Crippen LogP contribution >= 0.6 is 11.8 Å². The first-order valence-electron chi connectivity index (χ1n) is 7.98. The molecule has 0 saturated heterocycles. The highest BCUT2D eigenvalue weighted by Crippen LogP contribution is 2.34. The molecule has 0 bridgehead atoms. The number of aromatic nitrogens is 1. The number of pyridine rings is 1. The molecule has 0 radical (unpaired) electrons. The largest absolute Gasteiger partial charge is 0.312 e. The fourth-order valence-electron chi connectivity index (χ4n) is 2.69. The molecular weight excluding hydrogens is 264 g/mol. The van der Waals surface area contributed by atoms with Gasteiger partial charge in [-0.1, -0.05) is 39.2 Å². The summed E-state index contributed by atoms with van der Waals surface area (Å²) in [5.74, 6) is 0.699. The predicted octanol–water partition coefficient (Wildman–Crippen LogP) is 4.56. The van der Waals surface area contributed by atoms with E-state index in [9.17, 15) is 0 Å². The van der Waals surface area contributed by atoms with Gasteiger partial charge >= 0.3 is 0 Å². The van der Waals surface area contributed by atoms with Crippen LogP contribution in [0.25, 0.3) is 0 Å². The zero-order valence-electron chi connectivity index (χ0n) is 13.1. The fourth-order valence-corrected chi connectivity index (χ4v) is 3.93. The minimum absolute atomic E-state index is 0.699. The number of hydrogen-bond acceptors (Lipinski definition) is 3. The number of hydrogen-bond donors (Lipinski definition) is 1. The first kappa shape index (κ1) is 15.8. The number of nitrogens with zero attached hydrogens (tertiary/aromatic N) is 1. The molecule has 2 rings (SSSR count). The van der Waals surface area contributed by atoms with Gasteiger partial charge in [0.15, 0.2) is 0 Å². The molecule has 2 nitrogen and oxygen atoms in total. The Bertz CT molecular complexity index is 411. The lowest BCUT2D eigenvalue weighted by atomic mass is 10.0. The molecular formula is C17H28N2S. The zero-order chi connectivity index (χ0) is 14.4. The van der Waals surface area contributed by atoms with Crippen molar-refractivity contribution in [2.45, 2.75) is 69.7 Å². The van der Waals surface area contributed by atoms with Gasteiger partial charge in [-0.25, -0.2) is 4.98 Å². The Balaban J connectivity index is 1.88. The molecule has 112 valence electrons. The molecule has 0 spiro atoms. The van der Waals surface area contributed by atoms with Gasteiger partial charge in [-0.3, -0.25) is 0 Å². The van der Waals surface area contributed by atoms with Crippen LogP contribution in [-0.4, -0.2) is 16.8 Å². The molecule has 0 unspecified atom stereocenters. The summed E-state index contributed by atoms with van der Waals surface area (Å²) in [6.45, 7) is 8.67. The van der Waals surface area contributed by atoms with Crippen molar-refractivity contribution in [1.82, 2.24) is 10.3 Å². The van der Waals surface area contributed by atoms with Crippen LogP contribution in [0.4, 0.5) is 0 Å². The molecule has 0 aromatic carbocycles. The molecule has 20 heavy (non-hydrogen) atoms. The monoisotopic (exact) mass is 292 g/mol. The Morgan fingerprint density at radius 3 is 2.70 bits per heavy atom. The average molecular weight is 292 g/mol. The lowest BCUT2D eigenvalue weighted by molar-refractivity contribution is 0.515. The van der Waals surface area contributed by atoms with Crippen molar-refractivity contribution in [2.24, 2.45) is 5.92 Å². The van der Waals surface area contributed by atoms with Gasteiger partial charge in [0.25, 0.3) is 0 Å². The second kappa shape index (κ2) is 8.04. The van der Waals surface area contributed by atoms with Gasteiger partial charge < -0.3 is 5.32 Å². The van der Waals surface area contributed by atoms with E-state index in [-0.39, 0.29) is 0 Å². The summed E-state index contributed by atoms with van der Waals surface area (Å²) in [6.07, 6.45) is 8.99. The number of aryl methyl sites for hydroxylation is 1. The van der Waals surface area contributed by atoms with E-state index in [4.69, 9.17) is 4.98 Å². The molecule has 1 aliphatic rings. The summed E-state index contributed by atoms with van der Waals surface area (Å²) >= 11 is 2.00. The fraction of sp³-hybridized carbons (Fsp3) is 0.706. The third kappa shape index (κ3) is 5.10. The highest BCUT2D eigenvalue weighted by molar-refractivity contribution is 7.99. The number of rotatable bonds is 6. The van der Waals surface area contributed by atoms with Crippen molar-refractivity contribution in [1.29, 1.82) is 0 Å². The summed E-state index contributed by atoms with van der Waals surface area (Å²) in [5, 5.41) is 5.51. The molecule has 0 aliphatic heterocycles. The van der Waals surface area contributed by atoms with Crippen LogP contribution in [-0.2, 0) is 6.54 Å². The molecule has 1 aromatic rings. The lowest BCUT2D eigenvalue weighted by Gasteiger charge is -2.21. The Labute approximate surface area is 128 Å². The molecule has 1 N–H and O–H groups in total. The van der Waals surface area contributed by atoms with Crippen LogP contribution in [0.15, 0.2) is 17.3 Å². The van der Waals surface area contributed by atoms with E-state index in [0.29, 0.717) is 5.92 Å². The van der Waals surface area contributed by atoms with Gasteiger partial charge in [0.2, 0.25) is 0 Å². The second-order valence-corrected chi connectivity index (χ2v) is 7.66. The van der Waals surface area contributed by atoms with Crippen LogP contribution < -0.4 is 5.32 Å². The van der Waals surface area contributed by atoms with E-state index < -0.39 is 0 Å². The van der Waals surface area contributed by atoms with Crippen molar-refractivity contribution in [3.63, 3.8) is 0 Å². The zero-order valence-corrected chi connectivity index (χ0v) is 13.9. The smallest absolute Gasteiger partial charge is 0.0991 e. The van der Waals surface area contributed by atoms with E-state index in [1.54, 1.807) is 0 Å². The normalized spacial score (nSPS) is 16.8.